The number of hydrogen-bond acceptors (Lipinski definition) is 3. The van der Waals surface area contributed by atoms with E-state index in [2.05, 4.69) is 0 Å². The minimum atomic E-state index is 0.161. The van der Waals surface area contributed by atoms with Gasteiger partial charge in [-0.3, -0.25) is 4.79 Å². The number of rotatable bonds is 6. The minimum absolute atomic E-state index is 0.161. The topological polar surface area (TPSA) is 35.5 Å². The molecule has 0 aromatic heterocycles. The van der Waals surface area contributed by atoms with E-state index in [4.69, 9.17) is 9.47 Å². The molecule has 1 fully saturated rings. The number of ether oxygens (including phenoxy) is 2. The number of ketones is 1. The molecule has 24 heavy (non-hydrogen) atoms. The molecule has 1 unspecified atom stereocenters. The fraction of sp³-hybridized carbons (Fsp3) is 0.381. The van der Waals surface area contributed by atoms with Gasteiger partial charge in [0.05, 0.1) is 7.11 Å². The van der Waals surface area contributed by atoms with Crippen LogP contribution in [0.1, 0.15) is 36.8 Å². The van der Waals surface area contributed by atoms with Gasteiger partial charge in [-0.15, -0.1) is 0 Å². The number of Topliss-reactive ketones (excluding diaryl/α,β-unsaturated/α-hetero) is 1. The van der Waals surface area contributed by atoms with Crippen molar-refractivity contribution in [1.82, 2.24) is 0 Å². The molecular formula is C21H24O3. The first-order valence-electron chi connectivity index (χ1n) is 8.62. The standard InChI is InChI=1S/C21H24O3/c1-23-20-12-11-17(13-18-9-5-6-10-19(18)22)14-21(20)24-15-16-7-3-2-4-8-16/h2-4,7-8,11-12,14,18H,5-6,9-10,13,15H2,1H3. The molecule has 3 nitrogen and oxygen atoms in total. The monoisotopic (exact) mass is 324 g/mol. The molecule has 0 heterocycles. The molecule has 0 spiro atoms. The molecule has 0 N–H and O–H groups in total. The van der Waals surface area contributed by atoms with E-state index in [0.29, 0.717) is 12.4 Å². The summed E-state index contributed by atoms with van der Waals surface area (Å²) >= 11 is 0. The van der Waals surface area contributed by atoms with Gasteiger partial charge in [-0.2, -0.15) is 0 Å². The number of carbonyl (C=O) groups excluding carboxylic acids is 1. The Kier molecular flexibility index (Phi) is 5.52. The molecule has 0 aliphatic heterocycles. The molecule has 2 aromatic rings. The zero-order chi connectivity index (χ0) is 16.8. The van der Waals surface area contributed by atoms with Gasteiger partial charge in [0, 0.05) is 12.3 Å². The van der Waals surface area contributed by atoms with E-state index < -0.39 is 0 Å². The van der Waals surface area contributed by atoms with E-state index in [1.165, 1.54) is 0 Å². The number of carbonyl (C=O) groups is 1. The van der Waals surface area contributed by atoms with E-state index in [0.717, 1.165) is 54.7 Å². The highest BCUT2D eigenvalue weighted by molar-refractivity contribution is 5.81. The van der Waals surface area contributed by atoms with Crippen molar-refractivity contribution in [2.75, 3.05) is 7.11 Å². The third-order valence-electron chi connectivity index (χ3n) is 4.63. The van der Waals surface area contributed by atoms with Crippen LogP contribution in [0.3, 0.4) is 0 Å². The molecule has 1 atom stereocenters. The van der Waals surface area contributed by atoms with Crippen molar-refractivity contribution in [2.24, 2.45) is 5.92 Å². The Morgan fingerprint density at radius 3 is 2.58 bits per heavy atom. The smallest absolute Gasteiger partial charge is 0.161 e. The SMILES string of the molecule is COc1ccc(CC2CCCCC2=O)cc1OCc1ccccc1. The normalized spacial score (nSPS) is 17.5. The van der Waals surface area contributed by atoms with Gasteiger partial charge in [0.15, 0.2) is 11.5 Å². The van der Waals surface area contributed by atoms with Crippen molar-refractivity contribution < 1.29 is 14.3 Å². The van der Waals surface area contributed by atoms with Crippen molar-refractivity contribution in [3.63, 3.8) is 0 Å². The van der Waals surface area contributed by atoms with Gasteiger partial charge >= 0.3 is 0 Å². The lowest BCUT2D eigenvalue weighted by molar-refractivity contribution is -0.124. The summed E-state index contributed by atoms with van der Waals surface area (Å²) in [6.07, 6.45) is 4.74. The molecule has 0 bridgehead atoms. The highest BCUT2D eigenvalue weighted by atomic mass is 16.5. The summed E-state index contributed by atoms with van der Waals surface area (Å²) in [5, 5.41) is 0. The molecule has 2 aromatic carbocycles. The van der Waals surface area contributed by atoms with Crippen LogP contribution in [0.4, 0.5) is 0 Å². The Morgan fingerprint density at radius 2 is 1.83 bits per heavy atom. The van der Waals surface area contributed by atoms with Gasteiger partial charge in [-0.1, -0.05) is 42.8 Å². The predicted molar refractivity (Wildman–Crippen MR) is 94.4 cm³/mol. The van der Waals surface area contributed by atoms with Crippen LogP contribution in [-0.4, -0.2) is 12.9 Å². The fourth-order valence-corrected chi connectivity index (χ4v) is 3.25. The zero-order valence-corrected chi connectivity index (χ0v) is 14.2. The summed E-state index contributed by atoms with van der Waals surface area (Å²) in [6, 6.07) is 16.1. The first kappa shape index (κ1) is 16.6. The molecule has 1 aliphatic carbocycles. The lowest BCUT2D eigenvalue weighted by Gasteiger charge is -2.21. The maximum absolute atomic E-state index is 12.1. The van der Waals surface area contributed by atoms with Crippen LogP contribution in [-0.2, 0) is 17.8 Å². The Morgan fingerprint density at radius 1 is 1.00 bits per heavy atom. The van der Waals surface area contributed by atoms with Crippen LogP contribution in [0.15, 0.2) is 48.5 Å². The summed E-state index contributed by atoms with van der Waals surface area (Å²) in [4.78, 5) is 12.1. The molecule has 0 saturated heterocycles. The maximum atomic E-state index is 12.1. The second kappa shape index (κ2) is 8.00. The summed E-state index contributed by atoms with van der Waals surface area (Å²) < 4.78 is 11.4. The second-order valence-corrected chi connectivity index (χ2v) is 6.37. The first-order chi connectivity index (χ1) is 11.8. The van der Waals surface area contributed by atoms with E-state index in [9.17, 15) is 4.79 Å². The van der Waals surface area contributed by atoms with Crippen molar-refractivity contribution in [1.29, 1.82) is 0 Å². The van der Waals surface area contributed by atoms with Gasteiger partial charge in [0.1, 0.15) is 12.4 Å². The second-order valence-electron chi connectivity index (χ2n) is 6.37. The summed E-state index contributed by atoms with van der Waals surface area (Å²) in [5.41, 5.74) is 2.26. The van der Waals surface area contributed by atoms with Gasteiger partial charge in [-0.05, 0) is 42.5 Å². The molecule has 126 valence electrons. The van der Waals surface area contributed by atoms with E-state index in [1.807, 2.05) is 48.5 Å². The third-order valence-corrected chi connectivity index (χ3v) is 4.63. The van der Waals surface area contributed by atoms with Gasteiger partial charge in [0.2, 0.25) is 0 Å². The summed E-state index contributed by atoms with van der Waals surface area (Å²) in [6.45, 7) is 0.503. The largest absolute Gasteiger partial charge is 0.493 e. The average molecular weight is 324 g/mol. The fourth-order valence-electron chi connectivity index (χ4n) is 3.25. The van der Waals surface area contributed by atoms with E-state index >= 15 is 0 Å². The molecule has 0 radical (unpaired) electrons. The van der Waals surface area contributed by atoms with Crippen molar-refractivity contribution >= 4 is 5.78 Å². The zero-order valence-electron chi connectivity index (χ0n) is 14.2. The number of hydrogen-bond donors (Lipinski definition) is 0. The van der Waals surface area contributed by atoms with Gasteiger partial charge in [0.25, 0.3) is 0 Å². The molecule has 1 aliphatic rings. The number of benzene rings is 2. The highest BCUT2D eigenvalue weighted by Gasteiger charge is 2.22. The van der Waals surface area contributed by atoms with Gasteiger partial charge in [-0.25, -0.2) is 0 Å². The van der Waals surface area contributed by atoms with E-state index in [-0.39, 0.29) is 5.92 Å². The Bertz CT molecular complexity index is 679. The molecule has 3 heteroatoms. The van der Waals surface area contributed by atoms with Crippen LogP contribution in [0.5, 0.6) is 11.5 Å². The van der Waals surface area contributed by atoms with Crippen LogP contribution in [0, 0.1) is 5.92 Å². The molecule has 0 amide bonds. The predicted octanol–water partition coefficient (Wildman–Crippen LogP) is 4.58. The van der Waals surface area contributed by atoms with Crippen molar-refractivity contribution in [2.45, 2.75) is 38.7 Å². The number of methoxy groups -OCH3 is 1. The summed E-state index contributed by atoms with van der Waals surface area (Å²) in [7, 11) is 1.65. The maximum Gasteiger partial charge on any atom is 0.161 e. The van der Waals surface area contributed by atoms with Crippen molar-refractivity contribution in [3.8, 4) is 11.5 Å². The lowest BCUT2D eigenvalue weighted by Crippen LogP contribution is -2.21. The molecule has 3 rings (SSSR count). The Labute approximate surface area is 143 Å². The highest BCUT2D eigenvalue weighted by Crippen LogP contribution is 2.31. The molecule has 1 saturated carbocycles. The lowest BCUT2D eigenvalue weighted by atomic mass is 9.84. The van der Waals surface area contributed by atoms with Crippen LogP contribution in [0.2, 0.25) is 0 Å². The van der Waals surface area contributed by atoms with Crippen LogP contribution in [0.25, 0.3) is 0 Å². The van der Waals surface area contributed by atoms with Crippen molar-refractivity contribution in [3.05, 3.63) is 59.7 Å². The third kappa shape index (κ3) is 4.16. The van der Waals surface area contributed by atoms with Crippen LogP contribution >= 0.6 is 0 Å². The Hall–Kier alpha value is -2.29. The minimum Gasteiger partial charge on any atom is -0.493 e. The van der Waals surface area contributed by atoms with Crippen LogP contribution < -0.4 is 9.47 Å². The Balaban J connectivity index is 1.71. The average Bonchev–Trinajstić information content (AvgIpc) is 2.63. The quantitative estimate of drug-likeness (QED) is 0.780. The first-order valence-corrected chi connectivity index (χ1v) is 8.62. The molecular weight excluding hydrogens is 300 g/mol. The summed E-state index contributed by atoms with van der Waals surface area (Å²) in [5.74, 6) is 2.03. The van der Waals surface area contributed by atoms with E-state index in [1.54, 1.807) is 7.11 Å². The van der Waals surface area contributed by atoms with Gasteiger partial charge < -0.3 is 9.47 Å².